The number of rotatable bonds is 8. The second-order valence-electron chi connectivity index (χ2n) is 5.67. The fourth-order valence-corrected chi connectivity index (χ4v) is 1.89. The lowest BCUT2D eigenvalue weighted by molar-refractivity contribution is -0.137. The fraction of sp³-hybridized carbons (Fsp3) is 0.529. The van der Waals surface area contributed by atoms with Gasteiger partial charge in [-0.1, -0.05) is 19.1 Å². The molecule has 1 aromatic carbocycles. The molecule has 1 unspecified atom stereocenters. The highest BCUT2D eigenvalue weighted by molar-refractivity contribution is 5.75. The third kappa shape index (κ3) is 6.59. The smallest absolute Gasteiger partial charge is 0.317 e. The number of hydrogen-bond acceptors (Lipinski definition) is 3. The molecule has 0 radical (unpaired) electrons. The number of ether oxygens (including phenoxy) is 1. The zero-order chi connectivity index (χ0) is 17.4. The average molecular weight is 322 g/mol. The van der Waals surface area contributed by atoms with Crippen molar-refractivity contribution < 1.29 is 19.4 Å². The molecule has 1 atom stereocenters. The van der Waals surface area contributed by atoms with Gasteiger partial charge in [0, 0.05) is 25.7 Å². The topological polar surface area (TPSA) is 78.9 Å². The zero-order valence-corrected chi connectivity index (χ0v) is 14.3. The Balaban J connectivity index is 2.66. The maximum Gasteiger partial charge on any atom is 0.317 e. The number of carboxylic acids is 1. The van der Waals surface area contributed by atoms with Crippen molar-refractivity contribution in [2.45, 2.75) is 46.3 Å². The number of carbonyl (C=O) groups excluding carboxylic acids is 1. The van der Waals surface area contributed by atoms with Gasteiger partial charge in [-0.15, -0.1) is 0 Å². The Labute approximate surface area is 137 Å². The summed E-state index contributed by atoms with van der Waals surface area (Å²) in [5.74, 6) is -0.153. The number of carboxylic acid groups (broad SMARTS) is 1. The first-order valence-electron chi connectivity index (χ1n) is 7.80. The molecule has 6 heteroatoms. The first-order valence-corrected chi connectivity index (χ1v) is 7.80. The highest BCUT2D eigenvalue weighted by Gasteiger charge is 2.12. The average Bonchev–Trinajstić information content (AvgIpc) is 2.51. The van der Waals surface area contributed by atoms with Gasteiger partial charge in [0.05, 0.1) is 12.5 Å². The van der Waals surface area contributed by atoms with Gasteiger partial charge in [-0.3, -0.25) is 4.79 Å². The molecule has 0 aliphatic carbocycles. The van der Waals surface area contributed by atoms with Gasteiger partial charge in [-0.05, 0) is 31.9 Å². The second-order valence-corrected chi connectivity index (χ2v) is 5.67. The van der Waals surface area contributed by atoms with Crippen LogP contribution in [0, 0.1) is 6.92 Å². The van der Waals surface area contributed by atoms with E-state index in [-0.39, 0.29) is 25.1 Å². The Morgan fingerprint density at radius 2 is 2.09 bits per heavy atom. The number of nitrogens with zero attached hydrogens (tertiary/aromatic N) is 1. The van der Waals surface area contributed by atoms with E-state index < -0.39 is 5.97 Å². The second kappa shape index (κ2) is 9.02. The number of carbonyl (C=O) groups is 2. The van der Waals surface area contributed by atoms with E-state index in [1.54, 1.807) is 7.05 Å². The number of aliphatic carboxylic acids is 1. The minimum Gasteiger partial charge on any atom is -0.490 e. The quantitative estimate of drug-likeness (QED) is 0.771. The van der Waals surface area contributed by atoms with E-state index in [0.717, 1.165) is 23.3 Å². The Morgan fingerprint density at radius 3 is 2.70 bits per heavy atom. The van der Waals surface area contributed by atoms with Crippen molar-refractivity contribution in [3.63, 3.8) is 0 Å². The van der Waals surface area contributed by atoms with Crippen molar-refractivity contribution in [1.82, 2.24) is 10.2 Å². The van der Waals surface area contributed by atoms with Gasteiger partial charge in [0.15, 0.2) is 0 Å². The monoisotopic (exact) mass is 322 g/mol. The van der Waals surface area contributed by atoms with Crippen LogP contribution < -0.4 is 10.1 Å². The first kappa shape index (κ1) is 18.8. The molecule has 0 spiro atoms. The van der Waals surface area contributed by atoms with Crippen LogP contribution in [-0.4, -0.2) is 41.7 Å². The molecule has 1 rings (SSSR count). The summed E-state index contributed by atoms with van der Waals surface area (Å²) in [6.07, 6.45) is 0.929. The summed E-state index contributed by atoms with van der Waals surface area (Å²) >= 11 is 0. The molecule has 1 aromatic rings. The number of nitrogens with one attached hydrogen (secondary N) is 1. The van der Waals surface area contributed by atoms with Crippen molar-refractivity contribution in [2.75, 3.05) is 13.6 Å². The normalized spacial score (nSPS) is 11.7. The first-order chi connectivity index (χ1) is 10.8. The van der Waals surface area contributed by atoms with Crippen molar-refractivity contribution in [3.05, 3.63) is 29.3 Å². The summed E-state index contributed by atoms with van der Waals surface area (Å²) in [4.78, 5) is 23.9. The highest BCUT2D eigenvalue weighted by Crippen LogP contribution is 2.22. The molecular weight excluding hydrogens is 296 g/mol. The van der Waals surface area contributed by atoms with Gasteiger partial charge in [-0.2, -0.15) is 0 Å². The SMILES string of the molecule is CCC(C)Oc1cc(C)ccc1CNC(=O)N(C)CCC(=O)O. The molecule has 0 aromatic heterocycles. The summed E-state index contributed by atoms with van der Waals surface area (Å²) in [6, 6.07) is 5.56. The molecule has 2 N–H and O–H groups in total. The third-order valence-corrected chi connectivity index (χ3v) is 3.56. The Hall–Kier alpha value is -2.24. The molecular formula is C17H26N2O4. The lowest BCUT2D eigenvalue weighted by atomic mass is 10.1. The maximum atomic E-state index is 12.0. The molecule has 0 saturated carbocycles. The number of amides is 2. The highest BCUT2D eigenvalue weighted by atomic mass is 16.5. The van der Waals surface area contributed by atoms with Crippen molar-refractivity contribution in [1.29, 1.82) is 0 Å². The molecule has 6 nitrogen and oxygen atoms in total. The maximum absolute atomic E-state index is 12.0. The summed E-state index contributed by atoms with van der Waals surface area (Å²) < 4.78 is 5.90. The molecule has 0 aliphatic rings. The van der Waals surface area contributed by atoms with Crippen LogP contribution in [0.5, 0.6) is 5.75 Å². The van der Waals surface area contributed by atoms with E-state index in [0.29, 0.717) is 6.54 Å². The van der Waals surface area contributed by atoms with Crippen LogP contribution in [0.4, 0.5) is 4.79 Å². The predicted octanol–water partition coefficient (Wildman–Crippen LogP) is 2.79. The Bertz CT molecular complexity index is 545. The molecule has 0 fully saturated rings. The van der Waals surface area contributed by atoms with E-state index >= 15 is 0 Å². The van der Waals surface area contributed by atoms with Crippen LogP contribution in [0.1, 0.15) is 37.8 Å². The number of urea groups is 1. The van der Waals surface area contributed by atoms with Crippen LogP contribution >= 0.6 is 0 Å². The summed E-state index contributed by atoms with van der Waals surface area (Å²) in [5.41, 5.74) is 1.99. The molecule has 0 bridgehead atoms. The Morgan fingerprint density at radius 1 is 1.39 bits per heavy atom. The van der Waals surface area contributed by atoms with Gasteiger partial charge < -0.3 is 20.1 Å². The zero-order valence-electron chi connectivity index (χ0n) is 14.3. The lowest BCUT2D eigenvalue weighted by Gasteiger charge is -2.19. The fourth-order valence-electron chi connectivity index (χ4n) is 1.89. The van der Waals surface area contributed by atoms with Crippen LogP contribution in [-0.2, 0) is 11.3 Å². The minimum atomic E-state index is -0.924. The van der Waals surface area contributed by atoms with Crippen molar-refractivity contribution >= 4 is 12.0 Å². The van der Waals surface area contributed by atoms with Crippen molar-refractivity contribution in [3.8, 4) is 5.75 Å². The molecule has 0 saturated heterocycles. The molecule has 0 aliphatic heterocycles. The van der Waals surface area contributed by atoms with E-state index in [1.807, 2.05) is 32.0 Å². The number of hydrogen-bond donors (Lipinski definition) is 2. The summed E-state index contributed by atoms with van der Waals surface area (Å²) in [5, 5.41) is 11.4. The van der Waals surface area contributed by atoms with E-state index in [1.165, 1.54) is 4.90 Å². The number of aryl methyl sites for hydroxylation is 1. The number of benzene rings is 1. The van der Waals surface area contributed by atoms with Crippen molar-refractivity contribution in [2.24, 2.45) is 0 Å². The lowest BCUT2D eigenvalue weighted by Crippen LogP contribution is -2.38. The van der Waals surface area contributed by atoms with Crippen LogP contribution in [0.3, 0.4) is 0 Å². The van der Waals surface area contributed by atoms with Gasteiger partial charge in [0.1, 0.15) is 5.75 Å². The largest absolute Gasteiger partial charge is 0.490 e. The van der Waals surface area contributed by atoms with Crippen LogP contribution in [0.25, 0.3) is 0 Å². The Kier molecular flexibility index (Phi) is 7.38. The van der Waals surface area contributed by atoms with E-state index in [2.05, 4.69) is 12.2 Å². The minimum absolute atomic E-state index is 0.0726. The summed E-state index contributed by atoms with van der Waals surface area (Å²) in [6.45, 7) is 6.56. The summed E-state index contributed by atoms with van der Waals surface area (Å²) in [7, 11) is 1.57. The van der Waals surface area contributed by atoms with Gasteiger partial charge in [0.25, 0.3) is 0 Å². The van der Waals surface area contributed by atoms with Gasteiger partial charge >= 0.3 is 12.0 Å². The molecule has 128 valence electrons. The third-order valence-electron chi connectivity index (χ3n) is 3.56. The molecule has 2 amide bonds. The van der Waals surface area contributed by atoms with Crippen LogP contribution in [0.15, 0.2) is 18.2 Å². The van der Waals surface area contributed by atoms with E-state index in [4.69, 9.17) is 9.84 Å². The predicted molar refractivity (Wildman–Crippen MR) is 88.7 cm³/mol. The molecule has 23 heavy (non-hydrogen) atoms. The van der Waals surface area contributed by atoms with Gasteiger partial charge in [0.2, 0.25) is 0 Å². The molecule has 0 heterocycles. The van der Waals surface area contributed by atoms with Gasteiger partial charge in [-0.25, -0.2) is 4.79 Å². The van der Waals surface area contributed by atoms with Crippen LogP contribution in [0.2, 0.25) is 0 Å². The standard InChI is InChI=1S/C17H26N2O4/c1-5-13(3)23-15-10-12(2)6-7-14(15)11-18-17(22)19(4)9-8-16(20)21/h6-7,10,13H,5,8-9,11H2,1-4H3,(H,18,22)(H,20,21). The van der Waals surface area contributed by atoms with E-state index in [9.17, 15) is 9.59 Å².